The van der Waals surface area contributed by atoms with Crippen molar-refractivity contribution in [1.29, 1.82) is 0 Å². The quantitative estimate of drug-likeness (QED) is 0.643. The number of rotatable bonds is 5. The van der Waals surface area contributed by atoms with Crippen LogP contribution in [0.2, 0.25) is 0 Å². The van der Waals surface area contributed by atoms with Gasteiger partial charge >= 0.3 is 0 Å². The number of nitrogens with one attached hydrogen (secondary N) is 1. The molecule has 2 saturated carbocycles. The molecule has 2 aliphatic rings. The van der Waals surface area contributed by atoms with Crippen molar-refractivity contribution in [3.63, 3.8) is 0 Å². The summed E-state index contributed by atoms with van der Waals surface area (Å²) < 4.78 is 0. The summed E-state index contributed by atoms with van der Waals surface area (Å²) in [4.78, 5) is 0. The van der Waals surface area contributed by atoms with E-state index >= 15 is 0 Å². The lowest BCUT2D eigenvalue weighted by Gasteiger charge is -2.21. The van der Waals surface area contributed by atoms with Crippen LogP contribution in [0.4, 0.5) is 0 Å². The van der Waals surface area contributed by atoms with Crippen molar-refractivity contribution >= 4 is 0 Å². The first-order valence-electron chi connectivity index (χ1n) is 6.11. The van der Waals surface area contributed by atoms with Gasteiger partial charge in [0, 0.05) is 0 Å². The van der Waals surface area contributed by atoms with Gasteiger partial charge in [0.2, 0.25) is 0 Å². The maximum Gasteiger partial charge on any atom is -0.00489 e. The molecule has 13 heavy (non-hydrogen) atoms. The molecule has 0 aromatic rings. The SMILES string of the molecule is CCNCCCC1CC2CCC1C2. The zero-order valence-electron chi connectivity index (χ0n) is 8.89. The highest BCUT2D eigenvalue weighted by Gasteiger charge is 2.38. The molecule has 76 valence electrons. The van der Waals surface area contributed by atoms with Gasteiger partial charge in [-0.2, -0.15) is 0 Å². The summed E-state index contributed by atoms with van der Waals surface area (Å²) in [7, 11) is 0. The van der Waals surface area contributed by atoms with E-state index in [0.717, 1.165) is 24.3 Å². The minimum absolute atomic E-state index is 1.11. The lowest BCUT2D eigenvalue weighted by Crippen LogP contribution is -2.17. The highest BCUT2D eigenvalue weighted by atomic mass is 14.8. The van der Waals surface area contributed by atoms with E-state index in [1.54, 1.807) is 25.7 Å². The van der Waals surface area contributed by atoms with Crippen LogP contribution in [0.25, 0.3) is 0 Å². The third-order valence-electron chi connectivity index (χ3n) is 4.06. The van der Waals surface area contributed by atoms with E-state index in [1.807, 2.05) is 0 Å². The van der Waals surface area contributed by atoms with Crippen LogP contribution in [0.5, 0.6) is 0 Å². The van der Waals surface area contributed by atoms with Crippen LogP contribution in [-0.4, -0.2) is 13.1 Å². The smallest absolute Gasteiger partial charge is 0.00489 e. The first-order chi connectivity index (χ1) is 6.40. The van der Waals surface area contributed by atoms with Crippen LogP contribution in [0, 0.1) is 17.8 Å². The predicted octanol–water partition coefficient (Wildman–Crippen LogP) is 2.81. The minimum Gasteiger partial charge on any atom is -0.317 e. The molecule has 0 aromatic carbocycles. The molecular weight excluding hydrogens is 158 g/mol. The summed E-state index contributed by atoms with van der Waals surface area (Å²) in [6.45, 7) is 4.57. The Morgan fingerprint density at radius 2 is 2.15 bits per heavy atom. The number of hydrogen-bond donors (Lipinski definition) is 1. The van der Waals surface area contributed by atoms with Gasteiger partial charge in [0.05, 0.1) is 0 Å². The molecule has 0 radical (unpaired) electrons. The van der Waals surface area contributed by atoms with Gasteiger partial charge in [-0.3, -0.25) is 0 Å². The molecule has 0 amide bonds. The highest BCUT2D eigenvalue weighted by Crippen LogP contribution is 2.49. The van der Waals surface area contributed by atoms with E-state index in [0.29, 0.717) is 0 Å². The van der Waals surface area contributed by atoms with Crippen LogP contribution >= 0.6 is 0 Å². The zero-order chi connectivity index (χ0) is 9.10. The normalized spacial score (nSPS) is 37.2. The van der Waals surface area contributed by atoms with Gasteiger partial charge in [0.1, 0.15) is 0 Å². The molecule has 1 nitrogen and oxygen atoms in total. The van der Waals surface area contributed by atoms with Gasteiger partial charge in [0.15, 0.2) is 0 Å². The van der Waals surface area contributed by atoms with Crippen molar-refractivity contribution in [2.45, 2.75) is 45.4 Å². The second-order valence-electron chi connectivity index (χ2n) is 4.93. The predicted molar refractivity (Wildman–Crippen MR) is 56.7 cm³/mol. The first-order valence-corrected chi connectivity index (χ1v) is 6.11. The van der Waals surface area contributed by atoms with Crippen molar-refractivity contribution < 1.29 is 0 Å². The summed E-state index contributed by atoms with van der Waals surface area (Å²) in [5.41, 5.74) is 0. The van der Waals surface area contributed by atoms with Crippen LogP contribution in [0.3, 0.4) is 0 Å². The summed E-state index contributed by atoms with van der Waals surface area (Å²) in [5, 5.41) is 3.42. The van der Waals surface area contributed by atoms with Crippen molar-refractivity contribution in [2.75, 3.05) is 13.1 Å². The van der Waals surface area contributed by atoms with E-state index in [-0.39, 0.29) is 0 Å². The Kier molecular flexibility index (Phi) is 3.26. The van der Waals surface area contributed by atoms with Crippen molar-refractivity contribution in [1.82, 2.24) is 5.32 Å². The molecule has 0 aliphatic heterocycles. The Hall–Kier alpha value is -0.0400. The van der Waals surface area contributed by atoms with Gasteiger partial charge in [-0.1, -0.05) is 13.3 Å². The van der Waals surface area contributed by atoms with Crippen molar-refractivity contribution in [2.24, 2.45) is 17.8 Å². The highest BCUT2D eigenvalue weighted by molar-refractivity contribution is 4.89. The molecule has 2 rings (SSSR count). The van der Waals surface area contributed by atoms with Gasteiger partial charge in [-0.25, -0.2) is 0 Å². The van der Waals surface area contributed by atoms with Gasteiger partial charge in [0.25, 0.3) is 0 Å². The maximum atomic E-state index is 3.42. The van der Waals surface area contributed by atoms with Crippen LogP contribution in [-0.2, 0) is 0 Å². The summed E-state index contributed by atoms with van der Waals surface area (Å²) in [5.74, 6) is 3.37. The molecule has 0 aromatic heterocycles. The molecule has 3 unspecified atom stereocenters. The molecule has 3 atom stereocenters. The van der Waals surface area contributed by atoms with E-state index in [2.05, 4.69) is 12.2 Å². The molecular formula is C12H23N. The van der Waals surface area contributed by atoms with Crippen LogP contribution < -0.4 is 5.32 Å². The largest absolute Gasteiger partial charge is 0.317 e. The third-order valence-corrected chi connectivity index (χ3v) is 4.06. The molecule has 2 bridgehead atoms. The van der Waals surface area contributed by atoms with Crippen molar-refractivity contribution in [3.05, 3.63) is 0 Å². The monoisotopic (exact) mass is 181 g/mol. The molecule has 2 aliphatic carbocycles. The Morgan fingerprint density at radius 3 is 2.77 bits per heavy atom. The Labute approximate surface area is 82.3 Å². The lowest BCUT2D eigenvalue weighted by atomic mass is 9.85. The van der Waals surface area contributed by atoms with E-state index in [4.69, 9.17) is 0 Å². The molecule has 1 heteroatoms. The topological polar surface area (TPSA) is 12.0 Å². The second-order valence-corrected chi connectivity index (χ2v) is 4.93. The molecule has 0 saturated heterocycles. The molecule has 0 heterocycles. The standard InChI is InChI=1S/C12H23N/c1-2-13-7-3-4-11-8-10-5-6-12(11)9-10/h10-13H,2-9H2,1H3. The van der Waals surface area contributed by atoms with E-state index < -0.39 is 0 Å². The fourth-order valence-corrected chi connectivity index (χ4v) is 3.40. The lowest BCUT2D eigenvalue weighted by molar-refractivity contribution is 0.307. The Bertz CT molecular complexity index is 155. The maximum absolute atomic E-state index is 3.42. The summed E-state index contributed by atoms with van der Waals surface area (Å²) in [6.07, 6.45) is 9.14. The Balaban J connectivity index is 1.60. The molecule has 1 N–H and O–H groups in total. The van der Waals surface area contributed by atoms with Gasteiger partial charge < -0.3 is 5.32 Å². The Morgan fingerprint density at radius 1 is 1.23 bits per heavy atom. The van der Waals surface area contributed by atoms with E-state index in [1.165, 1.54) is 19.4 Å². The minimum atomic E-state index is 1.11. The number of fused-ring (bicyclic) bond motifs is 2. The van der Waals surface area contributed by atoms with Crippen molar-refractivity contribution in [3.8, 4) is 0 Å². The zero-order valence-corrected chi connectivity index (χ0v) is 8.89. The van der Waals surface area contributed by atoms with Crippen LogP contribution in [0.1, 0.15) is 45.4 Å². The summed E-state index contributed by atoms with van der Waals surface area (Å²) >= 11 is 0. The van der Waals surface area contributed by atoms with Crippen LogP contribution in [0.15, 0.2) is 0 Å². The van der Waals surface area contributed by atoms with Gasteiger partial charge in [-0.05, 0) is 62.9 Å². The molecule has 0 spiro atoms. The summed E-state index contributed by atoms with van der Waals surface area (Å²) in [6, 6.07) is 0. The van der Waals surface area contributed by atoms with E-state index in [9.17, 15) is 0 Å². The second kappa shape index (κ2) is 4.45. The average Bonchev–Trinajstić information content (AvgIpc) is 2.73. The van der Waals surface area contributed by atoms with Gasteiger partial charge in [-0.15, -0.1) is 0 Å². The average molecular weight is 181 g/mol. The third kappa shape index (κ3) is 2.25. The molecule has 2 fully saturated rings. The fourth-order valence-electron chi connectivity index (χ4n) is 3.40. The fraction of sp³-hybridized carbons (Fsp3) is 1.00. The number of hydrogen-bond acceptors (Lipinski definition) is 1. The first kappa shape index (κ1) is 9.51.